The van der Waals surface area contributed by atoms with E-state index in [1.165, 1.54) is 0 Å². The second kappa shape index (κ2) is 11.1. The zero-order valence-electron chi connectivity index (χ0n) is 18.7. The topological polar surface area (TPSA) is 76.7 Å². The molecule has 0 aliphatic carbocycles. The number of esters is 1. The zero-order valence-corrected chi connectivity index (χ0v) is 18.7. The van der Waals surface area contributed by atoms with Crippen LogP contribution in [0.4, 0.5) is 10.5 Å². The third kappa shape index (κ3) is 8.43. The van der Waals surface area contributed by atoms with Crippen molar-refractivity contribution >= 4 is 17.7 Å². The summed E-state index contributed by atoms with van der Waals surface area (Å²) in [5.41, 5.74) is 3.05. The molecule has 6 heteroatoms. The molecule has 2 rings (SSSR count). The molecule has 0 saturated carbocycles. The summed E-state index contributed by atoms with van der Waals surface area (Å²) in [5.74, 6) is 5.49. The van der Waals surface area contributed by atoms with Crippen LogP contribution in [0.5, 0.6) is 0 Å². The van der Waals surface area contributed by atoms with Crippen LogP contribution < -0.4 is 10.6 Å². The van der Waals surface area contributed by atoms with E-state index in [9.17, 15) is 9.59 Å². The van der Waals surface area contributed by atoms with E-state index in [0.29, 0.717) is 0 Å². The molecule has 1 unspecified atom stereocenters. The van der Waals surface area contributed by atoms with Crippen LogP contribution in [0.1, 0.15) is 43.9 Å². The summed E-state index contributed by atoms with van der Waals surface area (Å²) in [4.78, 5) is 24.9. The van der Waals surface area contributed by atoms with E-state index in [4.69, 9.17) is 9.47 Å². The van der Waals surface area contributed by atoms with E-state index in [1.54, 1.807) is 20.8 Å². The van der Waals surface area contributed by atoms with E-state index in [1.807, 2.05) is 62.5 Å². The summed E-state index contributed by atoms with van der Waals surface area (Å²) in [6.07, 6.45) is -0.592. The van der Waals surface area contributed by atoms with Gasteiger partial charge in [-0.15, -0.1) is 0 Å². The number of nitrogens with one attached hydrogen (secondary N) is 2. The lowest BCUT2D eigenvalue weighted by molar-refractivity contribution is -0.147. The lowest BCUT2D eigenvalue weighted by Crippen LogP contribution is -2.44. The quantitative estimate of drug-likeness (QED) is 0.533. The molecule has 0 heterocycles. The molecule has 0 radical (unpaired) electrons. The number of hydrogen-bond donors (Lipinski definition) is 2. The number of carbonyl (C=O) groups excluding carboxylic acids is 2. The van der Waals surface area contributed by atoms with Crippen molar-refractivity contribution in [1.82, 2.24) is 5.32 Å². The Balaban J connectivity index is 2.09. The predicted octanol–water partition coefficient (Wildman–Crippen LogP) is 4.42. The standard InChI is InChI=1S/C25H30N2O4/c1-18-16-21(26-5)15-14-20(18)12-9-13-22(27-24(29)31-25(2,3)4)23(28)30-17-19-10-7-6-8-11-19/h6-8,10-11,14-16,22,26H,13,17H2,1-5H3,(H,27,29). The van der Waals surface area contributed by atoms with Gasteiger partial charge in [-0.1, -0.05) is 42.2 Å². The molecule has 1 amide bonds. The van der Waals surface area contributed by atoms with Crippen molar-refractivity contribution in [3.05, 3.63) is 65.2 Å². The molecule has 2 aromatic rings. The first-order valence-corrected chi connectivity index (χ1v) is 10.2. The molecule has 0 spiro atoms. The normalized spacial score (nSPS) is 11.5. The van der Waals surface area contributed by atoms with Gasteiger partial charge in [0.25, 0.3) is 0 Å². The molecule has 0 aromatic heterocycles. The first-order valence-electron chi connectivity index (χ1n) is 10.2. The predicted molar refractivity (Wildman–Crippen MR) is 122 cm³/mol. The zero-order chi connectivity index (χ0) is 22.9. The van der Waals surface area contributed by atoms with Crippen LogP contribution in [0.25, 0.3) is 0 Å². The molecule has 1 atom stereocenters. The maximum Gasteiger partial charge on any atom is 0.408 e. The lowest BCUT2D eigenvalue weighted by Gasteiger charge is -2.22. The Bertz CT molecular complexity index is 953. The Labute approximate surface area is 184 Å². The molecule has 2 N–H and O–H groups in total. The Morgan fingerprint density at radius 2 is 1.81 bits per heavy atom. The van der Waals surface area contributed by atoms with Crippen LogP contribution in [0.2, 0.25) is 0 Å². The molecule has 0 saturated heterocycles. The number of rotatable bonds is 6. The van der Waals surface area contributed by atoms with Crippen LogP contribution in [-0.2, 0) is 20.9 Å². The van der Waals surface area contributed by atoms with Crippen LogP contribution in [0, 0.1) is 18.8 Å². The maximum atomic E-state index is 12.6. The second-order valence-electron chi connectivity index (χ2n) is 8.08. The number of hydrogen-bond acceptors (Lipinski definition) is 5. The van der Waals surface area contributed by atoms with Crippen LogP contribution in [-0.4, -0.2) is 30.8 Å². The molecule has 2 aromatic carbocycles. The fourth-order valence-electron chi connectivity index (χ4n) is 2.68. The second-order valence-corrected chi connectivity index (χ2v) is 8.08. The molecule has 0 fully saturated rings. The van der Waals surface area contributed by atoms with Gasteiger partial charge in [-0.2, -0.15) is 0 Å². The van der Waals surface area contributed by atoms with Gasteiger partial charge in [0.2, 0.25) is 0 Å². The minimum atomic E-state index is -0.942. The van der Waals surface area contributed by atoms with Gasteiger partial charge in [0.05, 0.1) is 0 Å². The van der Waals surface area contributed by atoms with Crippen LogP contribution in [0.15, 0.2) is 48.5 Å². The first kappa shape index (κ1) is 23.8. The van der Waals surface area contributed by atoms with Gasteiger partial charge in [-0.3, -0.25) is 0 Å². The number of carbonyl (C=O) groups is 2. The van der Waals surface area contributed by atoms with E-state index in [2.05, 4.69) is 22.5 Å². The van der Waals surface area contributed by atoms with Crippen molar-refractivity contribution in [2.75, 3.05) is 12.4 Å². The number of aryl methyl sites for hydroxylation is 1. The SMILES string of the molecule is CNc1ccc(C#CCC(NC(=O)OC(C)(C)C)C(=O)OCc2ccccc2)c(C)c1. The van der Waals surface area contributed by atoms with Gasteiger partial charge in [0.1, 0.15) is 18.2 Å². The summed E-state index contributed by atoms with van der Waals surface area (Å²) in [6.45, 7) is 7.35. The van der Waals surface area contributed by atoms with Gasteiger partial charge in [-0.05, 0) is 57.0 Å². The van der Waals surface area contributed by atoms with Crippen molar-refractivity contribution in [2.45, 2.75) is 52.4 Å². The highest BCUT2D eigenvalue weighted by atomic mass is 16.6. The van der Waals surface area contributed by atoms with Crippen molar-refractivity contribution in [3.8, 4) is 11.8 Å². The minimum Gasteiger partial charge on any atom is -0.459 e. The fourth-order valence-corrected chi connectivity index (χ4v) is 2.68. The third-order valence-corrected chi connectivity index (χ3v) is 4.24. The molecule has 31 heavy (non-hydrogen) atoms. The smallest absolute Gasteiger partial charge is 0.408 e. The van der Waals surface area contributed by atoms with Gasteiger partial charge in [-0.25, -0.2) is 9.59 Å². The van der Waals surface area contributed by atoms with Gasteiger partial charge < -0.3 is 20.1 Å². The number of alkyl carbamates (subject to hydrolysis) is 1. The largest absolute Gasteiger partial charge is 0.459 e. The van der Waals surface area contributed by atoms with E-state index in [-0.39, 0.29) is 13.0 Å². The lowest BCUT2D eigenvalue weighted by atomic mass is 10.1. The first-order chi connectivity index (χ1) is 14.7. The number of benzene rings is 2. The monoisotopic (exact) mass is 422 g/mol. The van der Waals surface area contributed by atoms with Crippen molar-refractivity contribution in [1.29, 1.82) is 0 Å². The Kier molecular flexibility index (Phi) is 8.51. The molecule has 6 nitrogen and oxygen atoms in total. The van der Waals surface area contributed by atoms with Crippen LogP contribution >= 0.6 is 0 Å². The summed E-state index contributed by atoms with van der Waals surface area (Å²) in [6, 6.07) is 14.2. The number of anilines is 1. The van der Waals surface area contributed by atoms with Crippen molar-refractivity contribution in [2.24, 2.45) is 0 Å². The van der Waals surface area contributed by atoms with Crippen molar-refractivity contribution in [3.63, 3.8) is 0 Å². The fraction of sp³-hybridized carbons (Fsp3) is 0.360. The van der Waals surface area contributed by atoms with Gasteiger partial charge in [0, 0.05) is 24.7 Å². The number of amides is 1. The highest BCUT2D eigenvalue weighted by molar-refractivity contribution is 5.81. The maximum absolute atomic E-state index is 12.6. The summed E-state index contributed by atoms with van der Waals surface area (Å²) in [7, 11) is 1.86. The molecule has 0 bridgehead atoms. The Hall–Kier alpha value is -3.46. The van der Waals surface area contributed by atoms with Gasteiger partial charge in [0.15, 0.2) is 0 Å². The van der Waals surface area contributed by atoms with Crippen LogP contribution in [0.3, 0.4) is 0 Å². The summed E-state index contributed by atoms with van der Waals surface area (Å²) >= 11 is 0. The molecule has 164 valence electrons. The Morgan fingerprint density at radius 1 is 1.10 bits per heavy atom. The summed E-state index contributed by atoms with van der Waals surface area (Å²) < 4.78 is 10.7. The minimum absolute atomic E-state index is 0.0973. The average molecular weight is 423 g/mol. The summed E-state index contributed by atoms with van der Waals surface area (Å²) in [5, 5.41) is 5.66. The Morgan fingerprint density at radius 3 is 2.42 bits per heavy atom. The van der Waals surface area contributed by atoms with E-state index in [0.717, 1.165) is 22.4 Å². The van der Waals surface area contributed by atoms with Gasteiger partial charge >= 0.3 is 12.1 Å². The third-order valence-electron chi connectivity index (χ3n) is 4.24. The highest BCUT2D eigenvalue weighted by Gasteiger charge is 2.25. The molecule has 0 aliphatic heterocycles. The highest BCUT2D eigenvalue weighted by Crippen LogP contribution is 2.14. The van der Waals surface area contributed by atoms with Crippen molar-refractivity contribution < 1.29 is 19.1 Å². The molecular formula is C25H30N2O4. The number of ether oxygens (including phenoxy) is 2. The van der Waals surface area contributed by atoms with E-state index < -0.39 is 23.7 Å². The average Bonchev–Trinajstić information content (AvgIpc) is 2.71. The van der Waals surface area contributed by atoms with E-state index >= 15 is 0 Å². The molecular weight excluding hydrogens is 392 g/mol. The molecule has 0 aliphatic rings.